The Kier molecular flexibility index (Phi) is 3.41. The van der Waals surface area contributed by atoms with Crippen LogP contribution in [0.25, 0.3) is 0 Å². The molecule has 0 radical (unpaired) electrons. The van der Waals surface area contributed by atoms with Gasteiger partial charge < -0.3 is 4.90 Å². The van der Waals surface area contributed by atoms with Crippen LogP contribution in [-0.4, -0.2) is 18.9 Å². The number of nitrogens with zero attached hydrogens (tertiary/aromatic N) is 1. The van der Waals surface area contributed by atoms with Crippen molar-refractivity contribution >= 4 is 23.1 Å². The van der Waals surface area contributed by atoms with Gasteiger partial charge in [0.15, 0.2) is 0 Å². The molecular formula is C15H20ClNO. The minimum Gasteiger partial charge on any atom is -0.369 e. The molecular weight excluding hydrogens is 246 g/mol. The summed E-state index contributed by atoms with van der Waals surface area (Å²) in [5.74, 6) is 0.347. The Morgan fingerprint density at radius 2 is 1.94 bits per heavy atom. The monoisotopic (exact) mass is 265 g/mol. The van der Waals surface area contributed by atoms with Crippen LogP contribution in [-0.2, 0) is 4.79 Å². The predicted octanol–water partition coefficient (Wildman–Crippen LogP) is 3.76. The van der Waals surface area contributed by atoms with E-state index in [9.17, 15) is 4.79 Å². The van der Waals surface area contributed by atoms with Gasteiger partial charge >= 0.3 is 0 Å². The third-order valence-electron chi connectivity index (χ3n) is 3.66. The largest absolute Gasteiger partial charge is 0.369 e. The summed E-state index contributed by atoms with van der Waals surface area (Å²) in [6, 6.07) is 4.14. The lowest BCUT2D eigenvalue weighted by Gasteiger charge is -2.39. The molecule has 1 saturated heterocycles. The second-order valence-electron chi connectivity index (χ2n) is 5.89. The van der Waals surface area contributed by atoms with Gasteiger partial charge in [0.2, 0.25) is 0 Å². The molecule has 0 aliphatic carbocycles. The number of halogens is 1. The first-order valence-electron chi connectivity index (χ1n) is 6.36. The van der Waals surface area contributed by atoms with Crippen LogP contribution < -0.4 is 4.90 Å². The first-order chi connectivity index (χ1) is 8.31. The van der Waals surface area contributed by atoms with Gasteiger partial charge in [0.1, 0.15) is 5.78 Å². The van der Waals surface area contributed by atoms with E-state index >= 15 is 0 Å². The molecule has 0 bridgehead atoms. The third kappa shape index (κ3) is 2.39. The molecule has 1 aromatic rings. The summed E-state index contributed by atoms with van der Waals surface area (Å²) in [6.45, 7) is 9.67. The first-order valence-corrected chi connectivity index (χ1v) is 6.74. The maximum absolute atomic E-state index is 11.9. The van der Waals surface area contributed by atoms with Crippen molar-refractivity contribution in [3.8, 4) is 0 Å². The summed E-state index contributed by atoms with van der Waals surface area (Å²) < 4.78 is 0. The highest BCUT2D eigenvalue weighted by molar-refractivity contribution is 6.33. The van der Waals surface area contributed by atoms with Crippen molar-refractivity contribution in [3.63, 3.8) is 0 Å². The molecule has 1 heterocycles. The van der Waals surface area contributed by atoms with Crippen molar-refractivity contribution in [2.75, 3.05) is 18.0 Å². The van der Waals surface area contributed by atoms with E-state index in [4.69, 9.17) is 11.6 Å². The molecule has 3 heteroatoms. The van der Waals surface area contributed by atoms with E-state index in [1.165, 1.54) is 11.1 Å². The van der Waals surface area contributed by atoms with Gasteiger partial charge in [-0.3, -0.25) is 4.79 Å². The van der Waals surface area contributed by atoms with Gasteiger partial charge in [-0.05, 0) is 31.0 Å². The second-order valence-corrected chi connectivity index (χ2v) is 6.30. The quantitative estimate of drug-likeness (QED) is 0.771. The van der Waals surface area contributed by atoms with Gasteiger partial charge in [-0.15, -0.1) is 0 Å². The fourth-order valence-corrected chi connectivity index (χ4v) is 3.16. The lowest BCUT2D eigenvalue weighted by atomic mass is 9.82. The standard InChI is InChI=1S/C15H20ClNO/c1-10-7-11(2)14(12(16)8-10)17-6-5-13(18)15(3,4)9-17/h7-8H,5-6,9H2,1-4H3. The predicted molar refractivity (Wildman–Crippen MR) is 76.5 cm³/mol. The Hall–Kier alpha value is -1.02. The van der Waals surface area contributed by atoms with Crippen molar-refractivity contribution in [2.45, 2.75) is 34.1 Å². The molecule has 0 atom stereocenters. The molecule has 1 aliphatic heterocycles. The van der Waals surface area contributed by atoms with Gasteiger partial charge in [0.05, 0.1) is 10.7 Å². The van der Waals surface area contributed by atoms with E-state index in [2.05, 4.69) is 17.9 Å². The highest BCUT2D eigenvalue weighted by Gasteiger charge is 2.35. The minimum atomic E-state index is -0.279. The number of rotatable bonds is 1. The number of carbonyl (C=O) groups excluding carboxylic acids is 1. The first kappa shape index (κ1) is 13.4. The molecule has 1 aromatic carbocycles. The summed E-state index contributed by atoms with van der Waals surface area (Å²) in [4.78, 5) is 14.1. The fraction of sp³-hybridized carbons (Fsp3) is 0.533. The third-order valence-corrected chi connectivity index (χ3v) is 3.95. The number of anilines is 1. The van der Waals surface area contributed by atoms with Crippen molar-refractivity contribution in [3.05, 3.63) is 28.3 Å². The van der Waals surface area contributed by atoms with Gasteiger partial charge in [0, 0.05) is 24.9 Å². The molecule has 0 amide bonds. The number of hydrogen-bond acceptors (Lipinski definition) is 2. The zero-order chi connectivity index (χ0) is 13.5. The average molecular weight is 266 g/mol. The van der Waals surface area contributed by atoms with Crippen molar-refractivity contribution in [2.24, 2.45) is 5.41 Å². The van der Waals surface area contributed by atoms with E-state index in [0.29, 0.717) is 12.2 Å². The lowest BCUT2D eigenvalue weighted by Crippen LogP contribution is -2.46. The SMILES string of the molecule is Cc1cc(C)c(N2CCC(=O)C(C)(C)C2)c(Cl)c1. The molecule has 98 valence electrons. The number of hydrogen-bond donors (Lipinski definition) is 0. The van der Waals surface area contributed by atoms with Crippen LogP contribution >= 0.6 is 11.6 Å². The molecule has 2 nitrogen and oxygen atoms in total. The van der Waals surface area contributed by atoms with E-state index in [1.807, 2.05) is 26.8 Å². The van der Waals surface area contributed by atoms with Gasteiger partial charge in [-0.2, -0.15) is 0 Å². The molecule has 0 spiro atoms. The van der Waals surface area contributed by atoms with E-state index < -0.39 is 0 Å². The van der Waals surface area contributed by atoms with Crippen LogP contribution in [0, 0.1) is 19.3 Å². The van der Waals surface area contributed by atoms with E-state index in [1.54, 1.807) is 0 Å². The normalized spacial score (nSPS) is 19.2. The maximum atomic E-state index is 11.9. The summed E-state index contributed by atoms with van der Waals surface area (Å²) in [5, 5.41) is 0.789. The molecule has 1 fully saturated rings. The Labute approximate surface area is 114 Å². The number of carbonyl (C=O) groups is 1. The molecule has 0 unspecified atom stereocenters. The molecule has 2 rings (SSSR count). The van der Waals surface area contributed by atoms with Gasteiger partial charge in [0.25, 0.3) is 0 Å². The van der Waals surface area contributed by atoms with Crippen LogP contribution in [0.15, 0.2) is 12.1 Å². The van der Waals surface area contributed by atoms with Gasteiger partial charge in [-0.25, -0.2) is 0 Å². The molecule has 0 saturated carbocycles. The van der Waals surface area contributed by atoms with Crippen molar-refractivity contribution in [1.29, 1.82) is 0 Å². The Morgan fingerprint density at radius 3 is 2.50 bits per heavy atom. The van der Waals surface area contributed by atoms with Crippen LogP contribution in [0.4, 0.5) is 5.69 Å². The topological polar surface area (TPSA) is 20.3 Å². The Morgan fingerprint density at radius 1 is 1.28 bits per heavy atom. The maximum Gasteiger partial charge on any atom is 0.142 e. The number of ketones is 1. The number of Topliss-reactive ketones (excluding diaryl/α,β-unsaturated/α-hetero) is 1. The van der Waals surface area contributed by atoms with Crippen molar-refractivity contribution in [1.82, 2.24) is 0 Å². The van der Waals surface area contributed by atoms with Crippen LogP contribution in [0.3, 0.4) is 0 Å². The molecule has 18 heavy (non-hydrogen) atoms. The van der Waals surface area contributed by atoms with Crippen LogP contribution in [0.5, 0.6) is 0 Å². The second kappa shape index (κ2) is 4.58. The number of piperidine rings is 1. The minimum absolute atomic E-state index is 0.279. The smallest absolute Gasteiger partial charge is 0.142 e. The summed E-state index contributed by atoms with van der Waals surface area (Å²) in [6.07, 6.45) is 0.608. The van der Waals surface area contributed by atoms with Crippen molar-refractivity contribution < 1.29 is 4.79 Å². The zero-order valence-corrected chi connectivity index (χ0v) is 12.3. The average Bonchev–Trinajstić information content (AvgIpc) is 2.21. The number of benzene rings is 1. The summed E-state index contributed by atoms with van der Waals surface area (Å²) in [7, 11) is 0. The van der Waals surface area contributed by atoms with Crippen LogP contribution in [0.2, 0.25) is 5.02 Å². The van der Waals surface area contributed by atoms with Crippen LogP contribution in [0.1, 0.15) is 31.4 Å². The Bertz CT molecular complexity index is 470. The van der Waals surface area contributed by atoms with Gasteiger partial charge in [-0.1, -0.05) is 31.5 Å². The summed E-state index contributed by atoms with van der Waals surface area (Å²) >= 11 is 6.37. The molecule has 0 N–H and O–H groups in total. The zero-order valence-electron chi connectivity index (χ0n) is 11.5. The molecule has 0 aromatic heterocycles. The van der Waals surface area contributed by atoms with E-state index in [0.717, 1.165) is 23.8 Å². The fourth-order valence-electron chi connectivity index (χ4n) is 2.72. The lowest BCUT2D eigenvalue weighted by molar-refractivity contribution is -0.127. The summed E-state index contributed by atoms with van der Waals surface area (Å²) in [5.41, 5.74) is 3.17. The van der Waals surface area contributed by atoms with E-state index in [-0.39, 0.29) is 5.41 Å². The number of aryl methyl sites for hydroxylation is 2. The molecule has 1 aliphatic rings. The highest BCUT2D eigenvalue weighted by Crippen LogP contribution is 2.36. The Balaban J connectivity index is 2.36. The highest BCUT2D eigenvalue weighted by atomic mass is 35.5.